The number of hydrogen-bond acceptors (Lipinski definition) is 4. The maximum Gasteiger partial charge on any atom is 0.332 e. The van der Waals surface area contributed by atoms with E-state index in [0.29, 0.717) is 17.8 Å². The van der Waals surface area contributed by atoms with Crippen LogP contribution in [0.3, 0.4) is 0 Å². The summed E-state index contributed by atoms with van der Waals surface area (Å²) in [6.45, 7) is 2.10. The average Bonchev–Trinajstić information content (AvgIpc) is 2.75. The van der Waals surface area contributed by atoms with Crippen molar-refractivity contribution >= 4 is 22.6 Å². The van der Waals surface area contributed by atoms with E-state index in [9.17, 15) is 9.59 Å². The molecule has 1 aromatic heterocycles. The van der Waals surface area contributed by atoms with Gasteiger partial charge in [0.2, 0.25) is 0 Å². The standard InChI is InChI=1S/C11H15N3O2S/c1-4-5-17-8-6-7-9(12-8)13(2)11(16)14(3)10(7)15/h4-6H2,1-3H3. The van der Waals surface area contributed by atoms with Crippen LogP contribution in [0.4, 0.5) is 5.82 Å². The van der Waals surface area contributed by atoms with Gasteiger partial charge in [0.25, 0.3) is 5.56 Å². The summed E-state index contributed by atoms with van der Waals surface area (Å²) in [5.41, 5.74) is 0.0893. The number of rotatable bonds is 2. The Hall–Kier alpha value is -1.30. The van der Waals surface area contributed by atoms with Gasteiger partial charge in [0.05, 0.1) is 10.6 Å². The second kappa shape index (κ2) is 4.52. The monoisotopic (exact) mass is 253 g/mol. The molecule has 0 fully saturated rings. The van der Waals surface area contributed by atoms with Gasteiger partial charge >= 0.3 is 5.69 Å². The molecule has 92 valence electrons. The van der Waals surface area contributed by atoms with Crippen molar-refractivity contribution in [1.29, 1.82) is 0 Å². The molecular weight excluding hydrogens is 238 g/mol. The predicted molar refractivity (Wildman–Crippen MR) is 70.5 cm³/mol. The second-order valence-electron chi connectivity index (χ2n) is 4.04. The van der Waals surface area contributed by atoms with E-state index >= 15 is 0 Å². The molecule has 0 spiro atoms. The van der Waals surface area contributed by atoms with Gasteiger partial charge in [-0.15, -0.1) is 11.8 Å². The van der Waals surface area contributed by atoms with Crippen molar-refractivity contribution in [2.24, 2.45) is 19.1 Å². The Morgan fingerprint density at radius 3 is 2.65 bits per heavy atom. The van der Waals surface area contributed by atoms with Crippen LogP contribution in [0, 0.1) is 0 Å². The molecule has 0 aliphatic carbocycles. The van der Waals surface area contributed by atoms with E-state index < -0.39 is 0 Å². The Kier molecular flexibility index (Phi) is 3.24. The van der Waals surface area contributed by atoms with Crippen molar-refractivity contribution in [3.63, 3.8) is 0 Å². The van der Waals surface area contributed by atoms with Gasteiger partial charge in [-0.1, -0.05) is 6.92 Å². The van der Waals surface area contributed by atoms with Gasteiger partial charge in [-0.2, -0.15) is 0 Å². The number of fused-ring (bicyclic) bond motifs is 1. The van der Waals surface area contributed by atoms with E-state index in [0.717, 1.165) is 21.8 Å². The van der Waals surface area contributed by atoms with Crippen LogP contribution in [-0.2, 0) is 20.5 Å². The largest absolute Gasteiger partial charge is 0.332 e. The fourth-order valence-electron chi connectivity index (χ4n) is 1.81. The summed E-state index contributed by atoms with van der Waals surface area (Å²) in [7, 11) is 3.15. The van der Waals surface area contributed by atoms with Gasteiger partial charge in [-0.05, 0) is 12.2 Å². The number of aliphatic imine (C=N–C) groups is 1. The van der Waals surface area contributed by atoms with Crippen LogP contribution in [0.15, 0.2) is 14.6 Å². The molecule has 0 bridgehead atoms. The molecular formula is C11H15N3O2S. The van der Waals surface area contributed by atoms with Crippen molar-refractivity contribution in [2.45, 2.75) is 19.8 Å². The van der Waals surface area contributed by atoms with Crippen LogP contribution in [0.1, 0.15) is 18.9 Å². The van der Waals surface area contributed by atoms with Crippen LogP contribution in [0.5, 0.6) is 0 Å². The molecule has 17 heavy (non-hydrogen) atoms. The van der Waals surface area contributed by atoms with E-state index in [1.54, 1.807) is 18.8 Å². The first-order valence-electron chi connectivity index (χ1n) is 5.55. The number of aromatic nitrogens is 2. The maximum atomic E-state index is 11.9. The Labute approximate surface area is 103 Å². The lowest BCUT2D eigenvalue weighted by atomic mass is 10.2. The molecule has 2 rings (SSSR count). The second-order valence-corrected chi connectivity index (χ2v) is 5.21. The van der Waals surface area contributed by atoms with Crippen LogP contribution in [0.25, 0.3) is 0 Å². The zero-order valence-electron chi connectivity index (χ0n) is 10.2. The highest BCUT2D eigenvalue weighted by Gasteiger charge is 2.22. The summed E-state index contributed by atoms with van der Waals surface area (Å²) >= 11 is 1.66. The first-order valence-corrected chi connectivity index (χ1v) is 6.54. The number of nitrogens with zero attached hydrogens (tertiary/aromatic N) is 3. The summed E-state index contributed by atoms with van der Waals surface area (Å²) in [6, 6.07) is 0. The lowest BCUT2D eigenvalue weighted by Gasteiger charge is -2.05. The maximum absolute atomic E-state index is 11.9. The summed E-state index contributed by atoms with van der Waals surface area (Å²) < 4.78 is 2.58. The van der Waals surface area contributed by atoms with Crippen molar-refractivity contribution in [3.05, 3.63) is 26.4 Å². The topological polar surface area (TPSA) is 56.4 Å². The SMILES string of the molecule is CCCSC1=Nc2c(c(=O)n(C)c(=O)n2C)C1. The number of hydrogen-bond donors (Lipinski definition) is 0. The molecule has 0 aromatic carbocycles. The highest BCUT2D eigenvalue weighted by Crippen LogP contribution is 2.26. The minimum Gasteiger partial charge on any atom is -0.281 e. The Bertz CT molecular complexity index is 598. The van der Waals surface area contributed by atoms with E-state index in [-0.39, 0.29) is 11.2 Å². The summed E-state index contributed by atoms with van der Waals surface area (Å²) in [5.74, 6) is 1.51. The van der Waals surface area contributed by atoms with Crippen LogP contribution >= 0.6 is 11.8 Å². The molecule has 0 amide bonds. The fraction of sp³-hybridized carbons (Fsp3) is 0.545. The molecule has 0 saturated carbocycles. The van der Waals surface area contributed by atoms with Gasteiger partial charge in [-0.25, -0.2) is 9.79 Å². The van der Waals surface area contributed by atoms with Crippen molar-refractivity contribution in [2.75, 3.05) is 5.75 Å². The van der Waals surface area contributed by atoms with Gasteiger partial charge in [0.15, 0.2) is 0 Å². The van der Waals surface area contributed by atoms with Gasteiger partial charge < -0.3 is 0 Å². The normalized spacial score (nSPS) is 13.7. The van der Waals surface area contributed by atoms with Crippen molar-refractivity contribution in [1.82, 2.24) is 9.13 Å². The summed E-state index contributed by atoms with van der Waals surface area (Å²) in [4.78, 5) is 28.0. The number of thioether (sulfide) groups is 1. The zero-order chi connectivity index (χ0) is 12.6. The Morgan fingerprint density at radius 2 is 2.00 bits per heavy atom. The quantitative estimate of drug-likeness (QED) is 0.784. The zero-order valence-corrected chi connectivity index (χ0v) is 11.0. The molecule has 1 aliphatic rings. The minimum absolute atomic E-state index is 0.223. The molecule has 0 N–H and O–H groups in total. The van der Waals surface area contributed by atoms with Crippen LogP contribution in [0.2, 0.25) is 0 Å². The smallest absolute Gasteiger partial charge is 0.281 e. The molecule has 5 nitrogen and oxygen atoms in total. The molecule has 1 aliphatic heterocycles. The first-order chi connectivity index (χ1) is 8.06. The van der Waals surface area contributed by atoms with Gasteiger partial charge in [0, 0.05) is 20.5 Å². The average molecular weight is 253 g/mol. The lowest BCUT2D eigenvalue weighted by Crippen LogP contribution is -2.38. The van der Waals surface area contributed by atoms with Crippen LogP contribution < -0.4 is 11.2 Å². The third-order valence-electron chi connectivity index (χ3n) is 2.76. The van der Waals surface area contributed by atoms with E-state index in [2.05, 4.69) is 11.9 Å². The highest BCUT2D eigenvalue weighted by atomic mass is 32.2. The molecule has 0 saturated heterocycles. The Balaban J connectivity index is 2.48. The first kappa shape index (κ1) is 12.2. The fourth-order valence-corrected chi connectivity index (χ4v) is 2.65. The van der Waals surface area contributed by atoms with E-state index in [1.807, 2.05) is 0 Å². The third-order valence-corrected chi connectivity index (χ3v) is 3.94. The predicted octanol–water partition coefficient (Wildman–Crippen LogP) is 0.813. The molecule has 2 heterocycles. The molecule has 1 aromatic rings. The van der Waals surface area contributed by atoms with E-state index in [1.165, 1.54) is 11.6 Å². The highest BCUT2D eigenvalue weighted by molar-refractivity contribution is 8.14. The van der Waals surface area contributed by atoms with Crippen LogP contribution in [-0.4, -0.2) is 19.9 Å². The van der Waals surface area contributed by atoms with Crippen molar-refractivity contribution in [3.8, 4) is 0 Å². The summed E-state index contributed by atoms with van der Waals surface area (Å²) in [6.07, 6.45) is 1.62. The molecule has 6 heteroatoms. The minimum atomic E-state index is -0.320. The Morgan fingerprint density at radius 1 is 1.29 bits per heavy atom. The van der Waals surface area contributed by atoms with E-state index in [4.69, 9.17) is 0 Å². The van der Waals surface area contributed by atoms with Crippen molar-refractivity contribution < 1.29 is 0 Å². The van der Waals surface area contributed by atoms with Gasteiger partial charge in [0.1, 0.15) is 5.82 Å². The van der Waals surface area contributed by atoms with Gasteiger partial charge in [-0.3, -0.25) is 13.9 Å². The lowest BCUT2D eigenvalue weighted by molar-refractivity contribution is 0.682. The molecule has 0 unspecified atom stereocenters. The molecule has 0 atom stereocenters. The summed E-state index contributed by atoms with van der Waals surface area (Å²) in [5, 5.41) is 0.931. The molecule has 0 radical (unpaired) electrons. The third kappa shape index (κ3) is 1.97.